The maximum absolute atomic E-state index is 12.4. The van der Waals surface area contributed by atoms with Crippen LogP contribution in [0.5, 0.6) is 0 Å². The molecule has 0 unspecified atom stereocenters. The molecule has 6 heteroatoms. The first-order chi connectivity index (χ1) is 11.6. The summed E-state index contributed by atoms with van der Waals surface area (Å²) in [7, 11) is 1.70. The number of morpholine rings is 1. The van der Waals surface area contributed by atoms with E-state index in [4.69, 9.17) is 4.74 Å². The van der Waals surface area contributed by atoms with Crippen LogP contribution >= 0.6 is 0 Å². The molecule has 2 aromatic rings. The van der Waals surface area contributed by atoms with E-state index < -0.39 is 0 Å². The maximum atomic E-state index is 12.4. The van der Waals surface area contributed by atoms with Gasteiger partial charge in [-0.05, 0) is 29.8 Å². The maximum Gasteiger partial charge on any atom is 0.260 e. The van der Waals surface area contributed by atoms with Gasteiger partial charge in [0.2, 0.25) is 0 Å². The number of ether oxygens (including phenoxy) is 1. The average Bonchev–Trinajstić information content (AvgIpc) is 2.63. The molecule has 1 aromatic heterocycles. The highest BCUT2D eigenvalue weighted by atomic mass is 16.5. The van der Waals surface area contributed by atoms with Crippen molar-refractivity contribution in [2.45, 2.75) is 6.54 Å². The van der Waals surface area contributed by atoms with E-state index in [2.05, 4.69) is 22.0 Å². The van der Waals surface area contributed by atoms with E-state index >= 15 is 0 Å². The van der Waals surface area contributed by atoms with Gasteiger partial charge in [-0.3, -0.25) is 9.59 Å². The predicted molar refractivity (Wildman–Crippen MR) is 92.3 cm³/mol. The van der Waals surface area contributed by atoms with Crippen LogP contribution in [0.3, 0.4) is 0 Å². The number of benzene rings is 1. The van der Waals surface area contributed by atoms with Crippen molar-refractivity contribution in [3.05, 3.63) is 64.1 Å². The minimum absolute atomic E-state index is 0.157. The van der Waals surface area contributed by atoms with Gasteiger partial charge in [-0.2, -0.15) is 0 Å². The molecule has 1 aliphatic heterocycles. The lowest BCUT2D eigenvalue weighted by atomic mass is 10.1. The van der Waals surface area contributed by atoms with Crippen molar-refractivity contribution in [2.75, 3.05) is 38.3 Å². The molecular weight excluding hydrogens is 306 g/mol. The standard InChI is InChI=1S/C18H21N3O3/c1-20(18(23)16-3-2-8-19-17(16)22)13-14-4-6-15(7-5-14)21-9-11-24-12-10-21/h2-8H,9-13H2,1H3,(H,19,22). The Morgan fingerprint density at radius 2 is 1.92 bits per heavy atom. The minimum Gasteiger partial charge on any atom is -0.378 e. The van der Waals surface area contributed by atoms with Gasteiger partial charge in [0.25, 0.3) is 11.5 Å². The van der Waals surface area contributed by atoms with Gasteiger partial charge in [-0.15, -0.1) is 0 Å². The Hall–Kier alpha value is -2.60. The molecule has 1 fully saturated rings. The summed E-state index contributed by atoms with van der Waals surface area (Å²) in [5, 5.41) is 0. The van der Waals surface area contributed by atoms with Crippen molar-refractivity contribution in [1.82, 2.24) is 9.88 Å². The van der Waals surface area contributed by atoms with Gasteiger partial charge in [-0.25, -0.2) is 0 Å². The molecule has 24 heavy (non-hydrogen) atoms. The number of hydrogen-bond acceptors (Lipinski definition) is 4. The lowest BCUT2D eigenvalue weighted by molar-refractivity contribution is 0.0783. The van der Waals surface area contributed by atoms with E-state index in [9.17, 15) is 9.59 Å². The summed E-state index contributed by atoms with van der Waals surface area (Å²) < 4.78 is 5.36. The molecule has 3 rings (SSSR count). The van der Waals surface area contributed by atoms with Gasteiger partial charge in [0.15, 0.2) is 0 Å². The van der Waals surface area contributed by atoms with Gasteiger partial charge in [-0.1, -0.05) is 12.1 Å². The molecule has 0 aliphatic carbocycles. The molecule has 1 amide bonds. The first kappa shape index (κ1) is 16.3. The Labute approximate surface area is 140 Å². The third-order valence-corrected chi connectivity index (χ3v) is 4.13. The molecule has 0 bridgehead atoms. The Morgan fingerprint density at radius 1 is 1.21 bits per heavy atom. The van der Waals surface area contributed by atoms with Crippen molar-refractivity contribution < 1.29 is 9.53 Å². The third kappa shape index (κ3) is 3.65. The van der Waals surface area contributed by atoms with Crippen LogP contribution < -0.4 is 10.5 Å². The smallest absolute Gasteiger partial charge is 0.260 e. The number of amides is 1. The van der Waals surface area contributed by atoms with Crippen LogP contribution in [0, 0.1) is 0 Å². The van der Waals surface area contributed by atoms with Crippen LogP contribution in [0.2, 0.25) is 0 Å². The summed E-state index contributed by atoms with van der Waals surface area (Å²) in [5.41, 5.74) is 1.98. The highest BCUT2D eigenvalue weighted by Gasteiger charge is 2.15. The van der Waals surface area contributed by atoms with Gasteiger partial charge >= 0.3 is 0 Å². The Bertz CT molecular complexity index is 749. The van der Waals surface area contributed by atoms with E-state index in [0.717, 1.165) is 37.6 Å². The van der Waals surface area contributed by atoms with E-state index in [1.165, 1.54) is 6.20 Å². The summed E-state index contributed by atoms with van der Waals surface area (Å²) >= 11 is 0. The highest BCUT2D eigenvalue weighted by molar-refractivity contribution is 5.93. The Balaban J connectivity index is 1.66. The van der Waals surface area contributed by atoms with E-state index in [1.807, 2.05) is 12.1 Å². The topological polar surface area (TPSA) is 65.6 Å². The van der Waals surface area contributed by atoms with Crippen LogP contribution in [0.4, 0.5) is 5.69 Å². The summed E-state index contributed by atoms with van der Waals surface area (Å²) in [6.45, 7) is 3.76. The summed E-state index contributed by atoms with van der Waals surface area (Å²) in [5.74, 6) is -0.283. The van der Waals surface area contributed by atoms with Gasteiger partial charge in [0, 0.05) is 38.6 Å². The van der Waals surface area contributed by atoms with Gasteiger partial charge in [0.1, 0.15) is 5.56 Å². The fourth-order valence-corrected chi connectivity index (χ4v) is 2.77. The van der Waals surface area contributed by atoms with Crippen molar-refractivity contribution in [1.29, 1.82) is 0 Å². The van der Waals surface area contributed by atoms with Crippen LogP contribution in [-0.4, -0.2) is 49.1 Å². The zero-order valence-corrected chi connectivity index (χ0v) is 13.7. The zero-order chi connectivity index (χ0) is 16.9. The number of carbonyl (C=O) groups excluding carboxylic acids is 1. The number of H-pyrrole nitrogens is 1. The molecular formula is C18H21N3O3. The van der Waals surface area contributed by atoms with Crippen LogP contribution in [-0.2, 0) is 11.3 Å². The fourth-order valence-electron chi connectivity index (χ4n) is 2.77. The van der Waals surface area contributed by atoms with Crippen molar-refractivity contribution in [2.24, 2.45) is 0 Å². The molecule has 1 aliphatic rings. The number of nitrogens with one attached hydrogen (secondary N) is 1. The van der Waals surface area contributed by atoms with Crippen molar-refractivity contribution in [3.63, 3.8) is 0 Å². The number of aromatic amines is 1. The molecule has 0 spiro atoms. The lowest BCUT2D eigenvalue weighted by Crippen LogP contribution is -2.36. The number of hydrogen-bond donors (Lipinski definition) is 1. The molecule has 126 valence electrons. The number of carbonyl (C=O) groups is 1. The molecule has 0 atom stereocenters. The van der Waals surface area contributed by atoms with Crippen molar-refractivity contribution >= 4 is 11.6 Å². The largest absolute Gasteiger partial charge is 0.378 e. The Morgan fingerprint density at radius 3 is 2.58 bits per heavy atom. The third-order valence-electron chi connectivity index (χ3n) is 4.13. The summed E-state index contributed by atoms with van der Waals surface area (Å²) in [4.78, 5) is 30.4. The highest BCUT2D eigenvalue weighted by Crippen LogP contribution is 2.17. The van der Waals surface area contributed by atoms with Gasteiger partial charge in [0.05, 0.1) is 13.2 Å². The van der Waals surface area contributed by atoms with Crippen LogP contribution in [0.15, 0.2) is 47.4 Å². The van der Waals surface area contributed by atoms with Crippen LogP contribution in [0.25, 0.3) is 0 Å². The molecule has 1 N–H and O–H groups in total. The molecule has 2 heterocycles. The quantitative estimate of drug-likeness (QED) is 0.924. The number of aromatic nitrogens is 1. The average molecular weight is 327 g/mol. The van der Waals surface area contributed by atoms with E-state index in [-0.39, 0.29) is 17.0 Å². The molecule has 6 nitrogen and oxygen atoms in total. The monoisotopic (exact) mass is 327 g/mol. The Kier molecular flexibility index (Phi) is 4.96. The second-order valence-corrected chi connectivity index (χ2v) is 5.84. The summed E-state index contributed by atoms with van der Waals surface area (Å²) in [6.07, 6.45) is 1.52. The number of anilines is 1. The molecule has 0 saturated carbocycles. The summed E-state index contributed by atoms with van der Waals surface area (Å²) in [6, 6.07) is 11.4. The molecule has 1 saturated heterocycles. The molecule has 0 radical (unpaired) electrons. The number of pyridine rings is 1. The number of nitrogens with zero attached hydrogens (tertiary/aromatic N) is 2. The second-order valence-electron chi connectivity index (χ2n) is 5.84. The minimum atomic E-state index is -0.364. The fraction of sp³-hybridized carbons (Fsp3) is 0.333. The van der Waals surface area contributed by atoms with Gasteiger partial charge < -0.3 is 19.5 Å². The van der Waals surface area contributed by atoms with E-state index in [0.29, 0.717) is 6.54 Å². The number of rotatable bonds is 4. The first-order valence-corrected chi connectivity index (χ1v) is 8.00. The second kappa shape index (κ2) is 7.31. The SMILES string of the molecule is CN(Cc1ccc(N2CCOCC2)cc1)C(=O)c1ccc[nH]c1=O. The van der Waals surface area contributed by atoms with Crippen molar-refractivity contribution in [3.8, 4) is 0 Å². The first-order valence-electron chi connectivity index (χ1n) is 8.00. The predicted octanol–water partition coefficient (Wildman–Crippen LogP) is 1.48. The van der Waals surface area contributed by atoms with E-state index in [1.54, 1.807) is 24.1 Å². The lowest BCUT2D eigenvalue weighted by Gasteiger charge is -2.29. The van der Waals surface area contributed by atoms with Crippen LogP contribution in [0.1, 0.15) is 15.9 Å². The molecule has 1 aromatic carbocycles. The zero-order valence-electron chi connectivity index (χ0n) is 13.7. The normalized spacial score (nSPS) is 14.5.